The first-order valence-electron chi connectivity index (χ1n) is 12.2. The molecule has 0 fully saturated rings. The smallest absolute Gasteiger partial charge is 0.243 e. The molecule has 0 radical (unpaired) electrons. The second kappa shape index (κ2) is 14.7. The van der Waals surface area contributed by atoms with Crippen LogP contribution in [0.2, 0.25) is 15.1 Å². The number of benzene rings is 3. The van der Waals surface area contributed by atoms with Crippen LogP contribution in [0.1, 0.15) is 37.0 Å². The third-order valence-corrected chi connectivity index (χ3v) is 8.00. The highest BCUT2D eigenvalue weighted by Crippen LogP contribution is 2.25. The Morgan fingerprint density at radius 2 is 1.57 bits per heavy atom. The number of nitrogens with zero attached hydrogens (tertiary/aromatic N) is 1. The van der Waals surface area contributed by atoms with Gasteiger partial charge in [0.25, 0.3) is 0 Å². The van der Waals surface area contributed by atoms with Crippen molar-refractivity contribution in [1.29, 1.82) is 0 Å². The summed E-state index contributed by atoms with van der Waals surface area (Å²) in [6, 6.07) is 21.9. The zero-order valence-electron chi connectivity index (χ0n) is 20.9. The summed E-state index contributed by atoms with van der Waals surface area (Å²) in [5.74, 6) is 0.547. The number of carbonyl (C=O) groups is 2. The summed E-state index contributed by atoms with van der Waals surface area (Å²) in [6.45, 7) is 4.29. The minimum atomic E-state index is -0.662. The first kappa shape index (κ1) is 29.4. The van der Waals surface area contributed by atoms with Gasteiger partial charge in [0.15, 0.2) is 0 Å². The minimum Gasteiger partial charge on any atom is -0.352 e. The van der Waals surface area contributed by atoms with Crippen LogP contribution >= 0.6 is 46.6 Å². The predicted octanol–water partition coefficient (Wildman–Crippen LogP) is 7.43. The van der Waals surface area contributed by atoms with Crippen LogP contribution in [0, 0.1) is 0 Å². The fourth-order valence-electron chi connectivity index (χ4n) is 3.75. The topological polar surface area (TPSA) is 49.4 Å². The van der Waals surface area contributed by atoms with E-state index in [1.165, 1.54) is 11.8 Å². The monoisotopic (exact) mass is 576 g/mol. The number of amides is 2. The molecule has 8 heteroatoms. The van der Waals surface area contributed by atoms with Crippen LogP contribution in [0.15, 0.2) is 72.8 Å². The van der Waals surface area contributed by atoms with Gasteiger partial charge in [0.1, 0.15) is 6.04 Å². The van der Waals surface area contributed by atoms with Crippen LogP contribution in [-0.2, 0) is 28.3 Å². The maximum atomic E-state index is 13.7. The molecule has 0 bridgehead atoms. The summed E-state index contributed by atoms with van der Waals surface area (Å²) in [5.41, 5.74) is 2.87. The van der Waals surface area contributed by atoms with Gasteiger partial charge in [-0.2, -0.15) is 0 Å². The van der Waals surface area contributed by atoms with E-state index in [-0.39, 0.29) is 23.6 Å². The van der Waals surface area contributed by atoms with Gasteiger partial charge in [0, 0.05) is 29.8 Å². The zero-order valence-corrected chi connectivity index (χ0v) is 24.0. The van der Waals surface area contributed by atoms with Crippen molar-refractivity contribution in [3.8, 4) is 0 Å². The molecule has 0 saturated heterocycles. The number of hydrogen-bond acceptors (Lipinski definition) is 3. The van der Waals surface area contributed by atoms with Gasteiger partial charge < -0.3 is 10.2 Å². The summed E-state index contributed by atoms with van der Waals surface area (Å²) in [6.07, 6.45) is 1.22. The molecule has 0 heterocycles. The van der Waals surface area contributed by atoms with Crippen LogP contribution in [0.5, 0.6) is 0 Å². The fourth-order valence-corrected chi connectivity index (χ4v) is 5.05. The van der Waals surface area contributed by atoms with Gasteiger partial charge in [-0.05, 0) is 54.3 Å². The fraction of sp³-hybridized carbons (Fsp3) is 0.310. The van der Waals surface area contributed by atoms with E-state index < -0.39 is 6.04 Å². The van der Waals surface area contributed by atoms with E-state index >= 15 is 0 Å². The van der Waals surface area contributed by atoms with E-state index in [0.717, 1.165) is 23.1 Å². The quantitative estimate of drug-likeness (QED) is 0.243. The highest BCUT2D eigenvalue weighted by molar-refractivity contribution is 7.99. The number of nitrogens with one attached hydrogen (secondary N) is 1. The third-order valence-electron chi connectivity index (χ3n) is 6.02. The molecule has 0 aliphatic heterocycles. The Bertz CT molecular complexity index is 1180. The van der Waals surface area contributed by atoms with Crippen molar-refractivity contribution >= 4 is 58.4 Å². The summed E-state index contributed by atoms with van der Waals surface area (Å²) in [4.78, 5) is 28.9. The SMILES string of the molecule is CCC(C)NC(=O)C(Cc1ccccc1)N(Cc1ccc(Cl)cc1)C(=O)CSCc1ccc(Cl)c(Cl)c1. The normalized spacial score (nSPS) is 12.6. The number of rotatable bonds is 12. The van der Waals surface area contributed by atoms with Crippen molar-refractivity contribution in [2.75, 3.05) is 5.75 Å². The van der Waals surface area contributed by atoms with Crippen molar-refractivity contribution in [3.05, 3.63) is 105 Å². The summed E-state index contributed by atoms with van der Waals surface area (Å²) < 4.78 is 0. The van der Waals surface area contributed by atoms with Crippen LogP contribution in [-0.4, -0.2) is 34.6 Å². The van der Waals surface area contributed by atoms with Gasteiger partial charge in [-0.15, -0.1) is 11.8 Å². The molecule has 2 unspecified atom stereocenters. The molecule has 2 amide bonds. The maximum absolute atomic E-state index is 13.7. The van der Waals surface area contributed by atoms with Gasteiger partial charge in [-0.3, -0.25) is 9.59 Å². The molecule has 0 aliphatic rings. The lowest BCUT2D eigenvalue weighted by atomic mass is 10.0. The van der Waals surface area contributed by atoms with E-state index in [1.54, 1.807) is 23.1 Å². The van der Waals surface area contributed by atoms with Gasteiger partial charge in [-0.1, -0.05) is 90.3 Å². The second-order valence-electron chi connectivity index (χ2n) is 8.91. The van der Waals surface area contributed by atoms with Gasteiger partial charge in [-0.25, -0.2) is 0 Å². The molecule has 3 aromatic rings. The Kier molecular flexibility index (Phi) is 11.7. The number of halogens is 3. The lowest BCUT2D eigenvalue weighted by Crippen LogP contribution is -2.52. The number of carbonyl (C=O) groups excluding carboxylic acids is 2. The highest BCUT2D eigenvalue weighted by Gasteiger charge is 2.30. The second-order valence-corrected chi connectivity index (χ2v) is 11.1. The van der Waals surface area contributed by atoms with Crippen LogP contribution in [0.3, 0.4) is 0 Å². The standard InChI is InChI=1S/C29H31Cl3N2O2S/c1-3-20(2)33-29(36)27(16-21-7-5-4-6-8-21)34(17-22-9-12-24(30)13-10-22)28(35)19-37-18-23-11-14-25(31)26(32)15-23/h4-15,20,27H,3,16-19H2,1-2H3,(H,33,36). The molecule has 37 heavy (non-hydrogen) atoms. The Labute approximate surface area is 238 Å². The van der Waals surface area contributed by atoms with Crippen LogP contribution in [0.4, 0.5) is 0 Å². The average Bonchev–Trinajstić information content (AvgIpc) is 2.89. The molecule has 3 rings (SSSR count). The van der Waals surface area contributed by atoms with Gasteiger partial charge >= 0.3 is 0 Å². The first-order chi connectivity index (χ1) is 17.8. The van der Waals surface area contributed by atoms with E-state index in [1.807, 2.05) is 68.4 Å². The molecule has 196 valence electrons. The van der Waals surface area contributed by atoms with E-state index in [2.05, 4.69) is 5.32 Å². The molecule has 4 nitrogen and oxygen atoms in total. The van der Waals surface area contributed by atoms with Gasteiger partial charge in [0.2, 0.25) is 11.8 Å². The predicted molar refractivity (Wildman–Crippen MR) is 156 cm³/mol. The molecule has 3 aromatic carbocycles. The van der Waals surface area contributed by atoms with Crippen molar-refractivity contribution in [2.45, 2.75) is 51.1 Å². The van der Waals surface area contributed by atoms with E-state index in [4.69, 9.17) is 34.8 Å². The van der Waals surface area contributed by atoms with Crippen LogP contribution in [0.25, 0.3) is 0 Å². The molecular formula is C29H31Cl3N2O2S. The average molecular weight is 578 g/mol. The first-order valence-corrected chi connectivity index (χ1v) is 14.5. The molecule has 0 aromatic heterocycles. The Balaban J connectivity index is 1.84. The van der Waals surface area contributed by atoms with Crippen molar-refractivity contribution in [3.63, 3.8) is 0 Å². The summed E-state index contributed by atoms with van der Waals surface area (Å²) in [7, 11) is 0. The molecule has 0 spiro atoms. The van der Waals surface area contributed by atoms with Gasteiger partial charge in [0.05, 0.1) is 15.8 Å². The molecule has 0 saturated carbocycles. The third kappa shape index (κ3) is 9.26. The highest BCUT2D eigenvalue weighted by atomic mass is 35.5. The van der Waals surface area contributed by atoms with Crippen molar-refractivity contribution < 1.29 is 9.59 Å². The van der Waals surface area contributed by atoms with E-state index in [0.29, 0.717) is 33.8 Å². The van der Waals surface area contributed by atoms with E-state index in [9.17, 15) is 9.59 Å². The number of thioether (sulfide) groups is 1. The number of hydrogen-bond donors (Lipinski definition) is 1. The molecule has 1 N–H and O–H groups in total. The summed E-state index contributed by atoms with van der Waals surface area (Å²) >= 11 is 19.7. The largest absolute Gasteiger partial charge is 0.352 e. The van der Waals surface area contributed by atoms with Crippen molar-refractivity contribution in [2.24, 2.45) is 0 Å². The Hall–Kier alpha value is -2.18. The lowest BCUT2D eigenvalue weighted by molar-refractivity contribution is -0.139. The maximum Gasteiger partial charge on any atom is 0.243 e. The Morgan fingerprint density at radius 1 is 0.892 bits per heavy atom. The summed E-state index contributed by atoms with van der Waals surface area (Å²) in [5, 5.41) is 4.69. The molecule has 2 atom stereocenters. The Morgan fingerprint density at radius 3 is 2.22 bits per heavy atom. The molecular weight excluding hydrogens is 547 g/mol. The molecule has 0 aliphatic carbocycles. The lowest BCUT2D eigenvalue weighted by Gasteiger charge is -2.32. The zero-order chi connectivity index (χ0) is 26.8. The minimum absolute atomic E-state index is 0.00212. The van der Waals surface area contributed by atoms with Crippen LogP contribution < -0.4 is 5.32 Å². The van der Waals surface area contributed by atoms with Crippen molar-refractivity contribution in [1.82, 2.24) is 10.2 Å².